The lowest BCUT2D eigenvalue weighted by molar-refractivity contribution is 0.0383. The van der Waals surface area contributed by atoms with Crippen molar-refractivity contribution >= 4 is 32.5 Å². The summed E-state index contributed by atoms with van der Waals surface area (Å²) in [7, 11) is -2.25. The van der Waals surface area contributed by atoms with E-state index in [0.717, 1.165) is 30.8 Å². The first kappa shape index (κ1) is 29.6. The van der Waals surface area contributed by atoms with Gasteiger partial charge < -0.3 is 19.8 Å². The molecule has 0 unspecified atom stereocenters. The number of sulfonamides is 1. The minimum absolute atomic E-state index is 0.0853. The molecule has 4 aromatic rings. The van der Waals surface area contributed by atoms with Gasteiger partial charge in [0.05, 0.1) is 25.2 Å². The second kappa shape index (κ2) is 12.2. The number of amides is 1. The SMILES string of the molecule is COc1cccc(-c2c(C(=O)NCCN3CCOCC3)[nH]c3ccc(NS(=O)(=O)c4ccc(C(C)(C)C)cc4)cc23)c1. The molecule has 1 saturated heterocycles. The Hall–Kier alpha value is -3.86. The van der Waals surface area contributed by atoms with Crippen molar-refractivity contribution in [2.75, 3.05) is 51.2 Å². The van der Waals surface area contributed by atoms with Crippen molar-refractivity contribution in [2.24, 2.45) is 0 Å². The number of fused-ring (bicyclic) bond motifs is 1. The molecule has 1 aliphatic heterocycles. The zero-order chi connectivity index (χ0) is 29.9. The zero-order valence-electron chi connectivity index (χ0n) is 24.5. The molecule has 0 spiro atoms. The van der Waals surface area contributed by atoms with Gasteiger partial charge in [-0.05, 0) is 59.0 Å². The van der Waals surface area contributed by atoms with Gasteiger partial charge in [-0.3, -0.25) is 14.4 Å². The van der Waals surface area contributed by atoms with Crippen LogP contribution in [0.2, 0.25) is 0 Å². The summed E-state index contributed by atoms with van der Waals surface area (Å²) < 4.78 is 40.1. The van der Waals surface area contributed by atoms with Crippen LogP contribution in [0.3, 0.4) is 0 Å². The Kier molecular flexibility index (Phi) is 8.58. The number of benzene rings is 3. The first-order valence-electron chi connectivity index (χ1n) is 14.1. The maximum Gasteiger partial charge on any atom is 0.268 e. The molecule has 0 saturated carbocycles. The molecule has 3 N–H and O–H groups in total. The van der Waals surface area contributed by atoms with Crippen LogP contribution < -0.4 is 14.8 Å². The highest BCUT2D eigenvalue weighted by atomic mass is 32.2. The Balaban J connectivity index is 1.46. The van der Waals surface area contributed by atoms with Gasteiger partial charge in [-0.25, -0.2) is 8.42 Å². The number of nitrogens with one attached hydrogen (secondary N) is 3. The fraction of sp³-hybridized carbons (Fsp3) is 0.344. The predicted octanol–water partition coefficient (Wildman–Crippen LogP) is 5.00. The minimum atomic E-state index is -3.84. The summed E-state index contributed by atoms with van der Waals surface area (Å²) in [6.07, 6.45) is 0. The molecule has 1 aliphatic rings. The first-order valence-corrected chi connectivity index (χ1v) is 15.6. The van der Waals surface area contributed by atoms with Gasteiger partial charge in [0.25, 0.3) is 15.9 Å². The quantitative estimate of drug-likeness (QED) is 0.253. The molecule has 0 atom stereocenters. The van der Waals surface area contributed by atoms with Gasteiger partial charge in [0.15, 0.2) is 0 Å². The van der Waals surface area contributed by atoms with Crippen molar-refractivity contribution < 1.29 is 22.7 Å². The number of carbonyl (C=O) groups excluding carboxylic acids is 1. The highest BCUT2D eigenvalue weighted by Crippen LogP contribution is 2.36. The molecule has 1 amide bonds. The van der Waals surface area contributed by atoms with Crippen LogP contribution in [0, 0.1) is 0 Å². The van der Waals surface area contributed by atoms with Crippen LogP contribution in [-0.2, 0) is 20.2 Å². The summed E-state index contributed by atoms with van der Waals surface area (Å²) >= 11 is 0. The Morgan fingerprint density at radius 3 is 2.45 bits per heavy atom. The van der Waals surface area contributed by atoms with Crippen molar-refractivity contribution in [1.82, 2.24) is 15.2 Å². The number of rotatable bonds is 9. The number of morpholine rings is 1. The molecular weight excluding hydrogens is 552 g/mol. The van der Waals surface area contributed by atoms with Crippen molar-refractivity contribution in [3.8, 4) is 16.9 Å². The topological polar surface area (TPSA) is 113 Å². The van der Waals surface area contributed by atoms with E-state index >= 15 is 0 Å². The molecule has 10 heteroatoms. The van der Waals surface area contributed by atoms with Crippen LogP contribution >= 0.6 is 0 Å². The second-order valence-electron chi connectivity index (χ2n) is 11.5. The van der Waals surface area contributed by atoms with Crippen molar-refractivity contribution in [1.29, 1.82) is 0 Å². The van der Waals surface area contributed by atoms with E-state index < -0.39 is 10.0 Å². The Bertz CT molecular complexity index is 1670. The van der Waals surface area contributed by atoms with Crippen LogP contribution in [0.1, 0.15) is 36.8 Å². The van der Waals surface area contributed by atoms with Gasteiger partial charge in [-0.1, -0.05) is 45.0 Å². The summed E-state index contributed by atoms with van der Waals surface area (Å²) in [5.41, 5.74) is 3.92. The predicted molar refractivity (Wildman–Crippen MR) is 166 cm³/mol. The Morgan fingerprint density at radius 2 is 1.76 bits per heavy atom. The largest absolute Gasteiger partial charge is 0.497 e. The van der Waals surface area contributed by atoms with Gasteiger partial charge in [0, 0.05) is 48.3 Å². The number of hydrogen-bond acceptors (Lipinski definition) is 6. The normalized spacial score (nSPS) is 14.6. The number of aromatic nitrogens is 1. The lowest BCUT2D eigenvalue weighted by Crippen LogP contribution is -2.41. The molecule has 9 nitrogen and oxygen atoms in total. The maximum atomic E-state index is 13.5. The summed E-state index contributed by atoms with van der Waals surface area (Å²) in [5, 5.41) is 3.75. The van der Waals surface area contributed by atoms with Crippen molar-refractivity contribution in [3.05, 3.63) is 78.0 Å². The number of ether oxygens (including phenoxy) is 2. The minimum Gasteiger partial charge on any atom is -0.497 e. The number of nitrogens with zero attached hydrogens (tertiary/aromatic N) is 1. The summed E-state index contributed by atoms with van der Waals surface area (Å²) in [6.45, 7) is 10.6. The molecule has 3 aromatic carbocycles. The molecular formula is C32H38N4O5S. The molecule has 1 fully saturated rings. The van der Waals surface area contributed by atoms with Crippen LogP contribution in [0.5, 0.6) is 5.75 Å². The van der Waals surface area contributed by atoms with E-state index in [9.17, 15) is 13.2 Å². The van der Waals surface area contributed by atoms with E-state index in [-0.39, 0.29) is 16.2 Å². The Morgan fingerprint density at radius 1 is 1.02 bits per heavy atom. The first-order chi connectivity index (χ1) is 20.0. The molecule has 0 bridgehead atoms. The van der Waals surface area contributed by atoms with E-state index in [1.807, 2.05) is 36.4 Å². The highest BCUT2D eigenvalue weighted by molar-refractivity contribution is 7.92. The number of anilines is 1. The van der Waals surface area contributed by atoms with E-state index in [0.29, 0.717) is 53.4 Å². The summed E-state index contributed by atoms with van der Waals surface area (Å²) in [4.78, 5) is 19.2. The number of methoxy groups -OCH3 is 1. The summed E-state index contributed by atoms with van der Waals surface area (Å²) in [6, 6.07) is 19.6. The van der Waals surface area contributed by atoms with Gasteiger partial charge >= 0.3 is 0 Å². The molecule has 0 radical (unpaired) electrons. The van der Waals surface area contributed by atoms with E-state index in [2.05, 4.69) is 40.7 Å². The number of carbonyl (C=O) groups is 1. The van der Waals surface area contributed by atoms with Gasteiger partial charge in [-0.2, -0.15) is 0 Å². The third-order valence-electron chi connectivity index (χ3n) is 7.48. The van der Waals surface area contributed by atoms with Crippen LogP contribution in [0.25, 0.3) is 22.0 Å². The van der Waals surface area contributed by atoms with Crippen molar-refractivity contribution in [3.63, 3.8) is 0 Å². The third-order valence-corrected chi connectivity index (χ3v) is 8.88. The van der Waals surface area contributed by atoms with Crippen LogP contribution in [-0.4, -0.2) is 70.7 Å². The van der Waals surface area contributed by atoms with Crippen LogP contribution in [0.4, 0.5) is 5.69 Å². The second-order valence-corrected chi connectivity index (χ2v) is 13.1. The van der Waals surface area contributed by atoms with Gasteiger partial charge in [0.2, 0.25) is 0 Å². The monoisotopic (exact) mass is 590 g/mol. The average molecular weight is 591 g/mol. The molecule has 5 rings (SSSR count). The third kappa shape index (κ3) is 6.61. The van der Waals surface area contributed by atoms with Crippen molar-refractivity contribution in [2.45, 2.75) is 31.1 Å². The van der Waals surface area contributed by atoms with E-state index in [4.69, 9.17) is 9.47 Å². The maximum absolute atomic E-state index is 13.5. The lowest BCUT2D eigenvalue weighted by Gasteiger charge is -2.26. The van der Waals surface area contributed by atoms with E-state index in [1.54, 1.807) is 37.4 Å². The average Bonchev–Trinajstić information content (AvgIpc) is 3.36. The molecule has 222 valence electrons. The zero-order valence-corrected chi connectivity index (χ0v) is 25.3. The number of aromatic amines is 1. The van der Waals surface area contributed by atoms with Crippen LogP contribution in [0.15, 0.2) is 71.6 Å². The van der Waals surface area contributed by atoms with Gasteiger partial charge in [-0.15, -0.1) is 0 Å². The molecule has 2 heterocycles. The summed E-state index contributed by atoms with van der Waals surface area (Å²) in [5.74, 6) is 0.412. The molecule has 42 heavy (non-hydrogen) atoms. The molecule has 1 aromatic heterocycles. The number of H-pyrrole nitrogens is 1. The fourth-order valence-corrected chi connectivity index (χ4v) is 6.14. The number of hydrogen-bond donors (Lipinski definition) is 3. The van der Waals surface area contributed by atoms with Gasteiger partial charge in [0.1, 0.15) is 11.4 Å². The molecule has 0 aliphatic carbocycles. The highest BCUT2D eigenvalue weighted by Gasteiger charge is 2.22. The van der Waals surface area contributed by atoms with E-state index in [1.165, 1.54) is 0 Å². The Labute approximate surface area is 247 Å². The fourth-order valence-electron chi connectivity index (χ4n) is 5.09. The lowest BCUT2D eigenvalue weighted by atomic mass is 9.87. The smallest absolute Gasteiger partial charge is 0.268 e. The standard InChI is InChI=1S/C32H38N4O5S/c1-32(2,3)23-8-11-26(12-9-23)42(38,39)35-24-10-13-28-27(21-24)29(22-6-5-7-25(20-22)40-4)30(34-28)31(37)33-14-15-36-16-18-41-19-17-36/h5-13,20-21,34-35H,14-19H2,1-4H3,(H,33,37).